The molecule has 47 heavy (non-hydrogen) atoms. The summed E-state index contributed by atoms with van der Waals surface area (Å²) in [5.74, 6) is 0.610. The number of tetrazole rings is 1. The lowest BCUT2D eigenvalue weighted by Gasteiger charge is -2.42. The monoisotopic (exact) mass is 653 g/mol. The zero-order chi connectivity index (χ0) is 32.3. The van der Waals surface area contributed by atoms with Gasteiger partial charge < -0.3 is 24.3 Å². The highest BCUT2D eigenvalue weighted by Gasteiger charge is 2.34. The molecule has 2 aromatic heterocycles. The zero-order valence-corrected chi connectivity index (χ0v) is 27.0. The second-order valence-electron chi connectivity index (χ2n) is 12.2. The summed E-state index contributed by atoms with van der Waals surface area (Å²) in [5, 5.41) is 23.9. The lowest BCUT2D eigenvalue weighted by molar-refractivity contribution is -0.128. The van der Waals surface area contributed by atoms with Crippen LogP contribution < -0.4 is 14.5 Å². The van der Waals surface area contributed by atoms with E-state index in [0.717, 1.165) is 70.9 Å². The normalized spacial score (nSPS) is 20.1. The second-order valence-corrected chi connectivity index (χ2v) is 12.6. The Morgan fingerprint density at radius 2 is 1.98 bits per heavy atom. The minimum absolute atomic E-state index is 0.192. The van der Waals surface area contributed by atoms with Gasteiger partial charge in [0.2, 0.25) is 5.91 Å². The second kappa shape index (κ2) is 13.5. The number of nitriles is 1. The Labute approximate surface area is 278 Å². The molecule has 0 unspecified atom stereocenters. The summed E-state index contributed by atoms with van der Waals surface area (Å²) in [6.07, 6.45) is 7.33. The highest BCUT2D eigenvalue weighted by molar-refractivity contribution is 6.36. The van der Waals surface area contributed by atoms with Gasteiger partial charge in [0.1, 0.15) is 12.4 Å². The first-order valence-corrected chi connectivity index (χ1v) is 16.3. The average Bonchev–Trinajstić information content (AvgIpc) is 3.77. The lowest BCUT2D eigenvalue weighted by Crippen LogP contribution is -2.55. The number of rotatable bonds is 8. The predicted molar refractivity (Wildman–Crippen MR) is 178 cm³/mol. The maximum absolute atomic E-state index is 13.2. The van der Waals surface area contributed by atoms with Crippen LogP contribution in [0, 0.1) is 11.3 Å². The van der Waals surface area contributed by atoms with Crippen LogP contribution in [0.25, 0.3) is 17.0 Å². The standard InChI is InChI=1S/C33H36ClN11O2/c1-41-14-4-7-25(41)21-47-33-38-28-20-42(29-9-3-6-23-5-2-8-27(34)31(23)29)15-11-26(28)32(39-33)43-17-18-44(24(19-43)10-13-35)30(46)12-16-45-37-22-36-40-45/h2-3,5-6,8-9,12,16,22,24-25H,4,7,10-11,14-15,17-21H2,1H3/b16-12+/t24-,25-/m0/s1. The van der Waals surface area contributed by atoms with Gasteiger partial charge in [0.05, 0.1) is 42.0 Å². The van der Waals surface area contributed by atoms with Crippen molar-refractivity contribution in [1.82, 2.24) is 40.0 Å². The topological polar surface area (TPSA) is 132 Å². The van der Waals surface area contributed by atoms with Crippen LogP contribution in [-0.2, 0) is 17.8 Å². The highest BCUT2D eigenvalue weighted by Crippen LogP contribution is 2.37. The van der Waals surface area contributed by atoms with Crippen molar-refractivity contribution in [2.24, 2.45) is 0 Å². The third-order valence-electron chi connectivity index (χ3n) is 9.38. The highest BCUT2D eigenvalue weighted by atomic mass is 35.5. The molecule has 13 nitrogen and oxygen atoms in total. The Hall–Kier alpha value is -4.80. The number of nitrogens with zero attached hydrogens (tertiary/aromatic N) is 11. The van der Waals surface area contributed by atoms with Crippen molar-refractivity contribution in [2.75, 3.05) is 56.2 Å². The van der Waals surface area contributed by atoms with Gasteiger partial charge in [-0.2, -0.15) is 15.2 Å². The molecule has 5 heterocycles. The molecule has 0 spiro atoms. The Morgan fingerprint density at radius 1 is 1.11 bits per heavy atom. The number of anilines is 2. The smallest absolute Gasteiger partial charge is 0.318 e. The molecule has 0 N–H and O–H groups in total. The minimum Gasteiger partial charge on any atom is -0.462 e. The van der Waals surface area contributed by atoms with E-state index in [1.807, 2.05) is 12.1 Å². The molecule has 2 atom stereocenters. The number of ether oxygens (including phenoxy) is 1. The van der Waals surface area contributed by atoms with Crippen LogP contribution in [0.4, 0.5) is 11.5 Å². The fraction of sp³-hybridized carbons (Fsp3) is 0.424. The van der Waals surface area contributed by atoms with Gasteiger partial charge in [0.15, 0.2) is 6.33 Å². The van der Waals surface area contributed by atoms with E-state index in [-0.39, 0.29) is 18.4 Å². The zero-order valence-electron chi connectivity index (χ0n) is 26.2. The van der Waals surface area contributed by atoms with Crippen molar-refractivity contribution < 1.29 is 9.53 Å². The lowest BCUT2D eigenvalue weighted by atomic mass is 10.0. The van der Waals surface area contributed by atoms with Crippen LogP contribution in [0.1, 0.15) is 30.5 Å². The van der Waals surface area contributed by atoms with Crippen LogP contribution in [0.3, 0.4) is 0 Å². The number of likely N-dealkylation sites (N-methyl/N-ethyl adjacent to an activating group) is 1. The number of fused-ring (bicyclic) bond motifs is 2. The summed E-state index contributed by atoms with van der Waals surface area (Å²) < 4.78 is 6.31. The number of benzene rings is 2. The number of carbonyl (C=O) groups excluding carboxylic acids is 1. The number of likely N-dealkylation sites (tertiary alicyclic amines) is 1. The Morgan fingerprint density at radius 3 is 2.77 bits per heavy atom. The average molecular weight is 654 g/mol. The first kappa shape index (κ1) is 30.8. The number of piperazine rings is 1. The van der Waals surface area contributed by atoms with E-state index < -0.39 is 0 Å². The van der Waals surface area contributed by atoms with Crippen molar-refractivity contribution in [1.29, 1.82) is 5.26 Å². The molecule has 0 aliphatic carbocycles. The predicted octanol–water partition coefficient (Wildman–Crippen LogP) is 3.41. The van der Waals surface area contributed by atoms with E-state index >= 15 is 0 Å². The van der Waals surface area contributed by atoms with Gasteiger partial charge in [0, 0.05) is 54.9 Å². The van der Waals surface area contributed by atoms with E-state index in [1.165, 1.54) is 23.4 Å². The molecule has 3 aliphatic heterocycles. The SMILES string of the molecule is CN1CCC[C@H]1COc1nc2c(c(N3CCN(C(=O)/C=C/n4ncnn4)[C@@H](CC#N)C3)n1)CCN(c1cccc3cccc(Cl)c13)C2. The molecule has 0 radical (unpaired) electrons. The van der Waals surface area contributed by atoms with Gasteiger partial charge in [-0.25, -0.2) is 0 Å². The first-order chi connectivity index (χ1) is 23.0. The van der Waals surface area contributed by atoms with Crippen molar-refractivity contribution in [3.05, 3.63) is 65.1 Å². The van der Waals surface area contributed by atoms with Crippen LogP contribution in [-0.4, -0.2) is 104 Å². The summed E-state index contributed by atoms with van der Waals surface area (Å²) in [5.41, 5.74) is 3.06. The maximum atomic E-state index is 13.2. The Kier molecular flexibility index (Phi) is 8.86. The number of amides is 1. The number of aromatic nitrogens is 6. The van der Waals surface area contributed by atoms with Crippen molar-refractivity contribution in [3.63, 3.8) is 0 Å². The molecule has 0 saturated carbocycles. The van der Waals surface area contributed by atoms with E-state index in [9.17, 15) is 10.1 Å². The van der Waals surface area contributed by atoms with Crippen LogP contribution in [0.5, 0.6) is 6.01 Å². The van der Waals surface area contributed by atoms with Crippen LogP contribution >= 0.6 is 11.6 Å². The summed E-state index contributed by atoms with van der Waals surface area (Å²) >= 11 is 6.72. The van der Waals surface area contributed by atoms with Gasteiger partial charge in [-0.3, -0.25) is 4.79 Å². The van der Waals surface area contributed by atoms with Crippen molar-refractivity contribution in [2.45, 2.75) is 44.3 Å². The summed E-state index contributed by atoms with van der Waals surface area (Å²) in [4.78, 5) is 33.0. The molecular weight excluding hydrogens is 618 g/mol. The van der Waals surface area contributed by atoms with E-state index in [4.69, 9.17) is 26.3 Å². The molecule has 4 aromatic rings. The fourth-order valence-electron chi connectivity index (χ4n) is 6.91. The molecule has 7 rings (SSSR count). The molecule has 2 fully saturated rings. The van der Waals surface area contributed by atoms with Crippen LogP contribution in [0.15, 0.2) is 48.8 Å². The van der Waals surface area contributed by atoms with Crippen LogP contribution in [0.2, 0.25) is 5.02 Å². The Bertz CT molecular complexity index is 1820. The molecule has 14 heteroatoms. The van der Waals surface area contributed by atoms with E-state index in [1.54, 1.807) is 4.90 Å². The largest absolute Gasteiger partial charge is 0.462 e. The first-order valence-electron chi connectivity index (χ1n) is 16.0. The van der Waals surface area contributed by atoms with Gasteiger partial charge in [-0.05, 0) is 55.6 Å². The van der Waals surface area contributed by atoms with Gasteiger partial charge in [-0.15, -0.1) is 15.0 Å². The number of hydrogen-bond acceptors (Lipinski definition) is 11. The molecule has 2 saturated heterocycles. The summed E-state index contributed by atoms with van der Waals surface area (Å²) in [6, 6.07) is 14.9. The number of carbonyl (C=O) groups is 1. The van der Waals surface area contributed by atoms with E-state index in [0.29, 0.717) is 44.8 Å². The van der Waals surface area contributed by atoms with Gasteiger partial charge in [0.25, 0.3) is 0 Å². The molecular formula is C33H36ClN11O2. The van der Waals surface area contributed by atoms with Crippen molar-refractivity contribution >= 4 is 46.0 Å². The molecule has 1 amide bonds. The Balaban J connectivity index is 1.18. The summed E-state index contributed by atoms with van der Waals surface area (Å²) in [6.45, 7) is 4.37. The van der Waals surface area contributed by atoms with Crippen molar-refractivity contribution in [3.8, 4) is 12.1 Å². The number of halogens is 1. The third kappa shape index (κ3) is 6.43. The molecule has 0 bridgehead atoms. The van der Waals surface area contributed by atoms with Gasteiger partial charge in [-0.1, -0.05) is 35.9 Å². The summed E-state index contributed by atoms with van der Waals surface area (Å²) in [7, 11) is 2.13. The fourth-order valence-corrected chi connectivity index (χ4v) is 7.19. The van der Waals surface area contributed by atoms with E-state index in [2.05, 4.69) is 67.5 Å². The molecule has 3 aliphatic rings. The quantitative estimate of drug-likeness (QED) is 0.259. The molecule has 242 valence electrons. The minimum atomic E-state index is -0.324. The van der Waals surface area contributed by atoms with Gasteiger partial charge >= 0.3 is 6.01 Å². The molecule has 2 aromatic carbocycles. The third-order valence-corrected chi connectivity index (χ3v) is 9.69. The maximum Gasteiger partial charge on any atom is 0.318 e. The number of hydrogen-bond donors (Lipinski definition) is 0.